The van der Waals surface area contributed by atoms with Gasteiger partial charge in [0, 0.05) is 22.9 Å². The van der Waals surface area contributed by atoms with Gasteiger partial charge in [0.05, 0.1) is 0 Å². The molecule has 0 aliphatic heterocycles. The number of carbonyl (C=O) groups excluding carboxylic acids is 1. The molecule has 98 valence electrons. The summed E-state index contributed by atoms with van der Waals surface area (Å²) in [6.45, 7) is 5.28. The minimum absolute atomic E-state index is 0.0890. The highest BCUT2D eigenvalue weighted by atomic mass is 32.2. The molecule has 0 bridgehead atoms. The van der Waals surface area contributed by atoms with E-state index in [1.54, 1.807) is 6.92 Å². The molecule has 0 spiro atoms. The van der Waals surface area contributed by atoms with Crippen molar-refractivity contribution in [2.24, 2.45) is 0 Å². The van der Waals surface area contributed by atoms with Gasteiger partial charge in [0.2, 0.25) is 0 Å². The van der Waals surface area contributed by atoms with E-state index < -0.39 is 0 Å². The summed E-state index contributed by atoms with van der Waals surface area (Å²) in [4.78, 5) is 11.9. The number of hydrogen-bond acceptors (Lipinski definition) is 2. The largest absolute Gasteiger partial charge is 0.287 e. The maximum Gasteiger partial charge on any atom is 0.190 e. The van der Waals surface area contributed by atoms with E-state index >= 15 is 0 Å². The highest BCUT2D eigenvalue weighted by molar-refractivity contribution is 8.13. The molecule has 20 heavy (non-hydrogen) atoms. The standard InChI is InChI=1S/C18H14OS/c1-3-15-4-6-16(7-5-15)8-9-17-10-12-18(13-11-17)20-14(2)19/h3-7,10-13H,1H2,2H3. The zero-order valence-electron chi connectivity index (χ0n) is 11.2. The van der Waals surface area contributed by atoms with Crippen LogP contribution in [0.4, 0.5) is 0 Å². The molecule has 2 rings (SSSR count). The zero-order valence-corrected chi connectivity index (χ0v) is 12.0. The fraction of sp³-hybridized carbons (Fsp3) is 0.0556. The van der Waals surface area contributed by atoms with Gasteiger partial charge in [-0.2, -0.15) is 0 Å². The first-order valence-corrected chi connectivity index (χ1v) is 7.02. The topological polar surface area (TPSA) is 17.1 Å². The minimum atomic E-state index is 0.0890. The number of hydrogen-bond donors (Lipinski definition) is 0. The Morgan fingerprint density at radius 2 is 1.50 bits per heavy atom. The van der Waals surface area contributed by atoms with Crippen molar-refractivity contribution in [1.82, 2.24) is 0 Å². The number of benzene rings is 2. The van der Waals surface area contributed by atoms with Gasteiger partial charge in [-0.25, -0.2) is 0 Å². The van der Waals surface area contributed by atoms with Crippen LogP contribution in [0.15, 0.2) is 60.0 Å². The quantitative estimate of drug-likeness (QED) is 0.599. The Morgan fingerprint density at radius 3 is 1.95 bits per heavy atom. The lowest BCUT2D eigenvalue weighted by atomic mass is 10.1. The van der Waals surface area contributed by atoms with E-state index in [1.165, 1.54) is 11.8 Å². The van der Waals surface area contributed by atoms with Gasteiger partial charge >= 0.3 is 0 Å². The second-order valence-electron chi connectivity index (χ2n) is 4.19. The van der Waals surface area contributed by atoms with Gasteiger partial charge in [-0.1, -0.05) is 48.4 Å². The van der Waals surface area contributed by atoms with Gasteiger partial charge in [0.25, 0.3) is 0 Å². The van der Waals surface area contributed by atoms with Crippen molar-refractivity contribution in [2.75, 3.05) is 0 Å². The van der Waals surface area contributed by atoms with Crippen LogP contribution < -0.4 is 0 Å². The molecule has 0 saturated carbocycles. The van der Waals surface area contributed by atoms with Gasteiger partial charge in [-0.15, -0.1) is 0 Å². The molecule has 0 aromatic heterocycles. The first kappa shape index (κ1) is 14.2. The summed E-state index contributed by atoms with van der Waals surface area (Å²) in [7, 11) is 0. The SMILES string of the molecule is C=Cc1ccc(C#Cc2ccc(SC(C)=O)cc2)cc1. The van der Waals surface area contributed by atoms with E-state index in [-0.39, 0.29) is 5.12 Å². The third-order valence-electron chi connectivity index (χ3n) is 2.61. The number of thioether (sulfide) groups is 1. The normalized spacial score (nSPS) is 9.45. The third-order valence-corrected chi connectivity index (χ3v) is 3.41. The lowest BCUT2D eigenvalue weighted by Gasteiger charge is -1.97. The summed E-state index contributed by atoms with van der Waals surface area (Å²) in [5.74, 6) is 6.22. The summed E-state index contributed by atoms with van der Waals surface area (Å²) in [5, 5.41) is 0.0890. The van der Waals surface area contributed by atoms with Crippen molar-refractivity contribution in [1.29, 1.82) is 0 Å². The molecule has 2 heteroatoms. The third kappa shape index (κ3) is 4.15. The molecule has 0 aliphatic carbocycles. The molecule has 0 amide bonds. The van der Waals surface area contributed by atoms with Crippen LogP contribution in [0.5, 0.6) is 0 Å². The summed E-state index contributed by atoms with van der Waals surface area (Å²) in [6.07, 6.45) is 1.81. The van der Waals surface area contributed by atoms with E-state index in [9.17, 15) is 4.79 Å². The summed E-state index contributed by atoms with van der Waals surface area (Å²) in [5.41, 5.74) is 2.99. The Hall–Kier alpha value is -2.24. The van der Waals surface area contributed by atoms with Gasteiger partial charge in [0.1, 0.15) is 0 Å². The van der Waals surface area contributed by atoms with E-state index in [4.69, 9.17) is 0 Å². The average Bonchev–Trinajstić information content (AvgIpc) is 2.46. The Balaban J connectivity index is 2.11. The summed E-state index contributed by atoms with van der Waals surface area (Å²) < 4.78 is 0. The molecule has 0 radical (unpaired) electrons. The smallest absolute Gasteiger partial charge is 0.190 e. The van der Waals surface area contributed by atoms with Crippen LogP contribution in [-0.4, -0.2) is 5.12 Å². The van der Waals surface area contributed by atoms with Gasteiger partial charge in [-0.05, 0) is 42.0 Å². The van der Waals surface area contributed by atoms with Crippen LogP contribution in [0.3, 0.4) is 0 Å². The monoisotopic (exact) mass is 278 g/mol. The van der Waals surface area contributed by atoms with Crippen LogP contribution in [0.1, 0.15) is 23.6 Å². The lowest BCUT2D eigenvalue weighted by molar-refractivity contribution is -0.109. The number of rotatable bonds is 2. The second-order valence-corrected chi connectivity index (χ2v) is 5.44. The lowest BCUT2D eigenvalue weighted by Crippen LogP contribution is -1.82. The molecule has 0 aliphatic rings. The van der Waals surface area contributed by atoms with Crippen LogP contribution in [0.2, 0.25) is 0 Å². The van der Waals surface area contributed by atoms with Crippen LogP contribution in [0.25, 0.3) is 6.08 Å². The van der Waals surface area contributed by atoms with E-state index in [0.717, 1.165) is 21.6 Å². The van der Waals surface area contributed by atoms with Gasteiger partial charge < -0.3 is 0 Å². The van der Waals surface area contributed by atoms with E-state index in [2.05, 4.69) is 18.4 Å². The van der Waals surface area contributed by atoms with Gasteiger partial charge in [-0.3, -0.25) is 4.79 Å². The fourth-order valence-corrected chi connectivity index (χ4v) is 2.22. The van der Waals surface area contributed by atoms with Crippen LogP contribution >= 0.6 is 11.8 Å². The maximum atomic E-state index is 11.0. The molecule has 0 fully saturated rings. The van der Waals surface area contributed by atoms with Crippen LogP contribution in [-0.2, 0) is 4.79 Å². The Bertz CT molecular complexity index is 670. The van der Waals surface area contributed by atoms with Crippen molar-refractivity contribution in [3.05, 3.63) is 71.8 Å². The number of carbonyl (C=O) groups is 1. The molecule has 1 nitrogen and oxygen atoms in total. The molecule has 0 unspecified atom stereocenters. The van der Waals surface area contributed by atoms with Crippen molar-refractivity contribution >= 4 is 23.0 Å². The van der Waals surface area contributed by atoms with Crippen molar-refractivity contribution < 1.29 is 4.79 Å². The Labute approximate surface area is 123 Å². The molecule has 0 N–H and O–H groups in total. The molecular formula is C18H14OS. The molecule has 0 atom stereocenters. The minimum Gasteiger partial charge on any atom is -0.287 e. The average molecular weight is 278 g/mol. The Kier molecular flexibility index (Phi) is 4.81. The highest BCUT2D eigenvalue weighted by Gasteiger charge is 1.97. The van der Waals surface area contributed by atoms with Gasteiger partial charge in [0.15, 0.2) is 5.12 Å². The van der Waals surface area contributed by atoms with Crippen molar-refractivity contribution in [3.63, 3.8) is 0 Å². The maximum absolute atomic E-state index is 11.0. The van der Waals surface area contributed by atoms with Crippen LogP contribution in [0, 0.1) is 11.8 Å². The van der Waals surface area contributed by atoms with Crippen molar-refractivity contribution in [2.45, 2.75) is 11.8 Å². The summed E-state index contributed by atoms with van der Waals surface area (Å²) >= 11 is 1.23. The molecule has 2 aromatic rings. The summed E-state index contributed by atoms with van der Waals surface area (Å²) in [6, 6.07) is 15.6. The molecule has 0 saturated heterocycles. The van der Waals surface area contributed by atoms with E-state index in [1.807, 2.05) is 54.6 Å². The fourth-order valence-electron chi connectivity index (χ4n) is 1.62. The highest BCUT2D eigenvalue weighted by Crippen LogP contribution is 2.18. The predicted molar refractivity (Wildman–Crippen MR) is 85.5 cm³/mol. The second kappa shape index (κ2) is 6.79. The predicted octanol–water partition coefficient (Wildman–Crippen LogP) is 4.37. The van der Waals surface area contributed by atoms with E-state index in [0.29, 0.717) is 0 Å². The molecular weight excluding hydrogens is 264 g/mol. The van der Waals surface area contributed by atoms with Crippen molar-refractivity contribution in [3.8, 4) is 11.8 Å². The first-order valence-electron chi connectivity index (χ1n) is 6.20. The molecule has 2 aromatic carbocycles. The Morgan fingerprint density at radius 1 is 1.00 bits per heavy atom. The molecule has 0 heterocycles. The first-order chi connectivity index (χ1) is 9.67. The zero-order chi connectivity index (χ0) is 14.4.